The lowest BCUT2D eigenvalue weighted by atomic mass is 10.1. The predicted molar refractivity (Wildman–Crippen MR) is 55.8 cm³/mol. The van der Waals surface area contributed by atoms with Crippen LogP contribution >= 0.6 is 0 Å². The third kappa shape index (κ3) is 3.66. The summed E-state index contributed by atoms with van der Waals surface area (Å²) >= 11 is 0. The molecule has 0 unspecified atom stereocenters. The molecule has 0 amide bonds. The first-order valence-corrected chi connectivity index (χ1v) is 3.59. The van der Waals surface area contributed by atoms with Crippen molar-refractivity contribution in [2.45, 2.75) is 13.3 Å². The van der Waals surface area contributed by atoms with Crippen molar-refractivity contribution in [1.82, 2.24) is 0 Å². The lowest BCUT2D eigenvalue weighted by Crippen LogP contribution is -1.97. The summed E-state index contributed by atoms with van der Waals surface area (Å²) in [5.74, 6) is 0.535. The molecule has 0 aliphatic heterocycles. The Kier molecular flexibility index (Phi) is 4.61. The maximum atomic E-state index is 3.91. The van der Waals surface area contributed by atoms with Crippen LogP contribution in [-0.4, -0.2) is 12.6 Å². The molecule has 0 aliphatic carbocycles. The summed E-state index contributed by atoms with van der Waals surface area (Å²) < 4.78 is 0. The van der Waals surface area contributed by atoms with Crippen molar-refractivity contribution in [3.05, 3.63) is 37.1 Å². The maximum Gasteiger partial charge on any atom is 0.154 e. The minimum atomic E-state index is 0.535. The molecule has 2 nitrogen and oxygen atoms in total. The Labute approximate surface area is 73.7 Å². The molecule has 0 saturated carbocycles. The lowest BCUT2D eigenvalue weighted by Gasteiger charge is -2.02. The van der Waals surface area contributed by atoms with Crippen LogP contribution in [0.4, 0.5) is 0 Å². The summed E-state index contributed by atoms with van der Waals surface area (Å²) in [7, 11) is 0. The third-order valence-corrected chi connectivity index (χ3v) is 1.19. The van der Waals surface area contributed by atoms with Crippen molar-refractivity contribution in [2.24, 2.45) is 9.98 Å². The Hall–Kier alpha value is -1.44. The quantitative estimate of drug-likeness (QED) is 0.345. The minimum Gasteiger partial charge on any atom is -0.245 e. The van der Waals surface area contributed by atoms with Gasteiger partial charge in [-0.2, -0.15) is 0 Å². The Balaban J connectivity index is 4.42. The molecule has 0 fully saturated rings. The van der Waals surface area contributed by atoms with E-state index in [2.05, 4.69) is 36.4 Å². The molecular formula is C10H14N2. The largest absolute Gasteiger partial charge is 0.245 e. The van der Waals surface area contributed by atoms with Gasteiger partial charge in [-0.25, -0.2) is 9.98 Å². The highest BCUT2D eigenvalue weighted by Crippen LogP contribution is 2.09. The van der Waals surface area contributed by atoms with Crippen LogP contribution in [0.1, 0.15) is 13.3 Å². The SMILES string of the molecule is C=CN=C(N=C)C(=C)CC(=C)C. The first kappa shape index (κ1) is 10.6. The van der Waals surface area contributed by atoms with Crippen LogP contribution in [-0.2, 0) is 0 Å². The zero-order valence-electron chi connectivity index (χ0n) is 7.51. The maximum absolute atomic E-state index is 3.91. The average molecular weight is 162 g/mol. The van der Waals surface area contributed by atoms with E-state index in [0.29, 0.717) is 12.3 Å². The molecule has 0 aliphatic rings. The second kappa shape index (κ2) is 5.24. The Bertz CT molecular complexity index is 247. The van der Waals surface area contributed by atoms with Gasteiger partial charge in [0, 0.05) is 6.20 Å². The molecule has 0 radical (unpaired) electrons. The molecule has 0 spiro atoms. The Morgan fingerprint density at radius 2 is 2.00 bits per heavy atom. The van der Waals surface area contributed by atoms with Crippen molar-refractivity contribution < 1.29 is 0 Å². The van der Waals surface area contributed by atoms with E-state index in [-0.39, 0.29) is 0 Å². The van der Waals surface area contributed by atoms with Gasteiger partial charge >= 0.3 is 0 Å². The van der Waals surface area contributed by atoms with Gasteiger partial charge < -0.3 is 0 Å². The van der Waals surface area contributed by atoms with Crippen molar-refractivity contribution >= 4 is 12.6 Å². The van der Waals surface area contributed by atoms with Crippen LogP contribution < -0.4 is 0 Å². The molecule has 0 N–H and O–H groups in total. The van der Waals surface area contributed by atoms with Gasteiger partial charge in [0.2, 0.25) is 0 Å². The van der Waals surface area contributed by atoms with E-state index in [4.69, 9.17) is 0 Å². The summed E-state index contributed by atoms with van der Waals surface area (Å²) in [4.78, 5) is 7.63. The number of hydrogen-bond acceptors (Lipinski definition) is 1. The molecule has 64 valence electrons. The number of hydrogen-bond donors (Lipinski definition) is 0. The monoisotopic (exact) mass is 162 g/mol. The fourth-order valence-electron chi connectivity index (χ4n) is 0.774. The smallest absolute Gasteiger partial charge is 0.154 e. The van der Waals surface area contributed by atoms with Gasteiger partial charge in [0.1, 0.15) is 0 Å². The van der Waals surface area contributed by atoms with Crippen LogP contribution in [0.5, 0.6) is 0 Å². The van der Waals surface area contributed by atoms with Gasteiger partial charge in [0.25, 0.3) is 0 Å². The van der Waals surface area contributed by atoms with Gasteiger partial charge in [-0.3, -0.25) is 0 Å². The van der Waals surface area contributed by atoms with Crippen molar-refractivity contribution in [3.63, 3.8) is 0 Å². The summed E-state index contributed by atoms with van der Waals surface area (Å²) in [5.41, 5.74) is 1.85. The number of nitrogens with zero attached hydrogens (tertiary/aromatic N) is 2. The topological polar surface area (TPSA) is 24.7 Å². The molecule has 0 atom stereocenters. The fraction of sp³-hybridized carbons (Fsp3) is 0.200. The summed E-state index contributed by atoms with van der Waals surface area (Å²) in [6.45, 7) is 16.4. The van der Waals surface area contributed by atoms with E-state index < -0.39 is 0 Å². The predicted octanol–water partition coefficient (Wildman–Crippen LogP) is 2.75. The summed E-state index contributed by atoms with van der Waals surface area (Å²) in [6.07, 6.45) is 2.12. The molecule has 12 heavy (non-hydrogen) atoms. The van der Waals surface area contributed by atoms with Crippen molar-refractivity contribution in [3.8, 4) is 0 Å². The normalized spacial score (nSPS) is 10.6. The molecule has 0 aromatic rings. The number of aliphatic imine (C=N–C) groups is 2. The second-order valence-electron chi connectivity index (χ2n) is 2.53. The lowest BCUT2D eigenvalue weighted by molar-refractivity contribution is 1.18. The summed E-state index contributed by atoms with van der Waals surface area (Å²) in [6, 6.07) is 0. The van der Waals surface area contributed by atoms with Crippen LogP contribution in [0.3, 0.4) is 0 Å². The van der Waals surface area contributed by atoms with Crippen molar-refractivity contribution in [1.29, 1.82) is 0 Å². The fourth-order valence-corrected chi connectivity index (χ4v) is 0.774. The Morgan fingerprint density at radius 1 is 1.42 bits per heavy atom. The zero-order chi connectivity index (χ0) is 9.56. The molecule has 0 aromatic heterocycles. The highest BCUT2D eigenvalue weighted by atomic mass is 14.9. The van der Waals surface area contributed by atoms with Gasteiger partial charge in [-0.05, 0) is 25.6 Å². The summed E-state index contributed by atoms with van der Waals surface area (Å²) in [5, 5.41) is 0. The minimum absolute atomic E-state index is 0.535. The number of amidine groups is 1. The first-order valence-electron chi connectivity index (χ1n) is 3.59. The van der Waals surface area contributed by atoms with Gasteiger partial charge in [0.15, 0.2) is 5.84 Å². The molecule has 0 saturated heterocycles. The van der Waals surface area contributed by atoms with E-state index >= 15 is 0 Å². The highest BCUT2D eigenvalue weighted by molar-refractivity contribution is 6.01. The van der Waals surface area contributed by atoms with Gasteiger partial charge in [-0.15, -0.1) is 0 Å². The number of rotatable bonds is 4. The molecule has 2 heteroatoms. The van der Waals surface area contributed by atoms with E-state index in [1.165, 1.54) is 6.20 Å². The van der Waals surface area contributed by atoms with E-state index in [9.17, 15) is 0 Å². The zero-order valence-corrected chi connectivity index (χ0v) is 7.51. The Morgan fingerprint density at radius 3 is 2.33 bits per heavy atom. The molecule has 0 heterocycles. The van der Waals surface area contributed by atoms with Crippen LogP contribution in [0.2, 0.25) is 0 Å². The van der Waals surface area contributed by atoms with E-state index in [1.807, 2.05) is 6.92 Å². The average Bonchev–Trinajstić information content (AvgIpc) is 1.98. The van der Waals surface area contributed by atoms with Crippen LogP contribution in [0.25, 0.3) is 0 Å². The first-order chi connectivity index (χ1) is 5.61. The van der Waals surface area contributed by atoms with Gasteiger partial charge in [0.05, 0.1) is 0 Å². The van der Waals surface area contributed by atoms with Gasteiger partial charge in [-0.1, -0.05) is 25.3 Å². The molecule has 0 aromatic carbocycles. The standard InChI is InChI=1S/C10H14N2/c1-6-12-10(11-5)9(4)7-8(2)3/h6H,1-2,4-5,7H2,3H3. The molecule has 0 bridgehead atoms. The number of allylic oxidation sites excluding steroid dienone is 1. The van der Waals surface area contributed by atoms with E-state index in [1.54, 1.807) is 0 Å². The second-order valence-corrected chi connectivity index (χ2v) is 2.53. The molecular weight excluding hydrogens is 148 g/mol. The van der Waals surface area contributed by atoms with Crippen molar-refractivity contribution in [2.75, 3.05) is 0 Å². The van der Waals surface area contributed by atoms with E-state index in [0.717, 1.165) is 11.1 Å². The van der Waals surface area contributed by atoms with Crippen LogP contribution in [0.15, 0.2) is 47.1 Å². The third-order valence-electron chi connectivity index (χ3n) is 1.19. The molecule has 0 rings (SSSR count). The highest BCUT2D eigenvalue weighted by Gasteiger charge is 2.00. The van der Waals surface area contributed by atoms with Crippen LogP contribution in [0, 0.1) is 0 Å².